The highest BCUT2D eigenvalue weighted by atomic mass is 16.6. The van der Waals surface area contributed by atoms with Crippen molar-refractivity contribution in [3.63, 3.8) is 0 Å². The number of benzene rings is 2. The SMILES string of the molecule is O=C(c1ccc(Oc2ccccc2[N+](=O)[O-])cc1)N1CCCC1. The van der Waals surface area contributed by atoms with Gasteiger partial charge in [-0.1, -0.05) is 12.1 Å². The lowest BCUT2D eigenvalue weighted by Gasteiger charge is -2.15. The summed E-state index contributed by atoms with van der Waals surface area (Å²) in [5.41, 5.74) is 0.506. The van der Waals surface area contributed by atoms with Crippen molar-refractivity contribution in [2.24, 2.45) is 0 Å². The van der Waals surface area contributed by atoms with Gasteiger partial charge in [-0.05, 0) is 43.2 Å². The Morgan fingerprint density at radius 2 is 1.70 bits per heavy atom. The molecule has 0 N–H and O–H groups in total. The summed E-state index contributed by atoms with van der Waals surface area (Å²) in [5, 5.41) is 11.0. The standard InChI is InChI=1S/C17H16N2O4/c20-17(18-11-3-4-12-18)13-7-9-14(10-8-13)23-16-6-2-1-5-15(16)19(21)22/h1-2,5-10H,3-4,11-12H2. The van der Waals surface area contributed by atoms with E-state index in [9.17, 15) is 14.9 Å². The van der Waals surface area contributed by atoms with Gasteiger partial charge in [0.2, 0.25) is 5.75 Å². The number of likely N-dealkylation sites (tertiary alicyclic amines) is 1. The van der Waals surface area contributed by atoms with E-state index >= 15 is 0 Å². The number of nitrogens with zero attached hydrogens (tertiary/aromatic N) is 2. The average molecular weight is 312 g/mol. The summed E-state index contributed by atoms with van der Waals surface area (Å²) in [4.78, 5) is 24.6. The lowest BCUT2D eigenvalue weighted by molar-refractivity contribution is -0.385. The van der Waals surface area contributed by atoms with E-state index in [0.29, 0.717) is 11.3 Å². The molecule has 0 unspecified atom stereocenters. The zero-order chi connectivity index (χ0) is 16.2. The zero-order valence-electron chi connectivity index (χ0n) is 12.5. The second-order valence-corrected chi connectivity index (χ2v) is 5.35. The van der Waals surface area contributed by atoms with Crippen molar-refractivity contribution < 1.29 is 14.5 Å². The molecule has 2 aromatic carbocycles. The molecular formula is C17H16N2O4. The van der Waals surface area contributed by atoms with Crippen LogP contribution >= 0.6 is 0 Å². The number of carbonyl (C=O) groups excluding carboxylic acids is 1. The minimum absolute atomic E-state index is 0.0136. The van der Waals surface area contributed by atoms with E-state index in [1.165, 1.54) is 6.07 Å². The summed E-state index contributed by atoms with van der Waals surface area (Å²) in [6.07, 6.45) is 2.09. The molecule has 0 radical (unpaired) electrons. The highest BCUT2D eigenvalue weighted by Crippen LogP contribution is 2.30. The summed E-state index contributed by atoms with van der Waals surface area (Å²) in [6, 6.07) is 12.9. The van der Waals surface area contributed by atoms with Gasteiger partial charge in [0.05, 0.1) is 4.92 Å². The molecule has 6 heteroatoms. The molecule has 2 aromatic rings. The molecule has 23 heavy (non-hydrogen) atoms. The van der Waals surface area contributed by atoms with Gasteiger partial charge in [0.15, 0.2) is 0 Å². The number of nitro benzene ring substituents is 1. The molecule has 1 amide bonds. The summed E-state index contributed by atoms with van der Waals surface area (Å²) < 4.78 is 5.56. The second kappa shape index (κ2) is 6.48. The molecule has 1 heterocycles. The van der Waals surface area contributed by atoms with Crippen molar-refractivity contribution in [3.05, 3.63) is 64.2 Å². The van der Waals surface area contributed by atoms with Crippen molar-refractivity contribution in [1.29, 1.82) is 0 Å². The molecule has 0 spiro atoms. The topological polar surface area (TPSA) is 72.7 Å². The van der Waals surface area contributed by atoms with E-state index in [-0.39, 0.29) is 17.3 Å². The molecule has 0 aliphatic carbocycles. The van der Waals surface area contributed by atoms with Crippen molar-refractivity contribution in [2.45, 2.75) is 12.8 Å². The van der Waals surface area contributed by atoms with Crippen LogP contribution in [-0.2, 0) is 0 Å². The Bertz CT molecular complexity index is 722. The van der Waals surface area contributed by atoms with Crippen LogP contribution < -0.4 is 4.74 Å². The first-order valence-corrected chi connectivity index (χ1v) is 7.46. The third-order valence-electron chi connectivity index (χ3n) is 3.78. The molecule has 1 saturated heterocycles. The molecule has 0 aromatic heterocycles. The summed E-state index contributed by atoms with van der Waals surface area (Å²) >= 11 is 0. The van der Waals surface area contributed by atoms with E-state index in [1.807, 2.05) is 4.90 Å². The van der Waals surface area contributed by atoms with Crippen LogP contribution in [0.25, 0.3) is 0 Å². The lowest BCUT2D eigenvalue weighted by atomic mass is 10.2. The van der Waals surface area contributed by atoms with Gasteiger partial charge in [-0.2, -0.15) is 0 Å². The Morgan fingerprint density at radius 1 is 1.04 bits per heavy atom. The van der Waals surface area contributed by atoms with Crippen LogP contribution in [0.5, 0.6) is 11.5 Å². The quantitative estimate of drug-likeness (QED) is 0.638. The van der Waals surface area contributed by atoms with Gasteiger partial charge in [-0.3, -0.25) is 14.9 Å². The predicted octanol–water partition coefficient (Wildman–Crippen LogP) is 3.62. The number of carbonyl (C=O) groups is 1. The smallest absolute Gasteiger partial charge is 0.311 e. The van der Waals surface area contributed by atoms with Crippen LogP contribution in [0.3, 0.4) is 0 Å². The predicted molar refractivity (Wildman–Crippen MR) is 84.7 cm³/mol. The first-order valence-electron chi connectivity index (χ1n) is 7.46. The minimum Gasteiger partial charge on any atom is -0.450 e. The molecule has 0 atom stereocenters. The van der Waals surface area contributed by atoms with Crippen LogP contribution in [0, 0.1) is 10.1 Å². The van der Waals surface area contributed by atoms with Crippen LogP contribution in [0.1, 0.15) is 23.2 Å². The van der Waals surface area contributed by atoms with Crippen molar-refractivity contribution >= 4 is 11.6 Å². The van der Waals surface area contributed by atoms with Gasteiger partial charge < -0.3 is 9.64 Å². The van der Waals surface area contributed by atoms with Gasteiger partial charge in [0.1, 0.15) is 5.75 Å². The fourth-order valence-corrected chi connectivity index (χ4v) is 2.59. The van der Waals surface area contributed by atoms with Gasteiger partial charge >= 0.3 is 5.69 Å². The maximum absolute atomic E-state index is 12.3. The van der Waals surface area contributed by atoms with E-state index < -0.39 is 4.92 Å². The molecule has 6 nitrogen and oxygen atoms in total. The molecule has 1 fully saturated rings. The monoisotopic (exact) mass is 312 g/mol. The second-order valence-electron chi connectivity index (χ2n) is 5.35. The first kappa shape index (κ1) is 15.0. The zero-order valence-corrected chi connectivity index (χ0v) is 12.5. The maximum atomic E-state index is 12.3. The number of hydrogen-bond donors (Lipinski definition) is 0. The Balaban J connectivity index is 1.75. The van der Waals surface area contributed by atoms with Crippen LogP contribution in [0.2, 0.25) is 0 Å². The van der Waals surface area contributed by atoms with Crippen molar-refractivity contribution in [1.82, 2.24) is 4.90 Å². The largest absolute Gasteiger partial charge is 0.450 e. The van der Waals surface area contributed by atoms with E-state index in [4.69, 9.17) is 4.74 Å². The molecule has 1 aliphatic heterocycles. The molecular weight excluding hydrogens is 296 g/mol. The number of rotatable bonds is 4. The number of nitro groups is 1. The lowest BCUT2D eigenvalue weighted by Crippen LogP contribution is -2.27. The van der Waals surface area contributed by atoms with Crippen LogP contribution in [-0.4, -0.2) is 28.8 Å². The third kappa shape index (κ3) is 3.31. The Hall–Kier alpha value is -2.89. The average Bonchev–Trinajstić information content (AvgIpc) is 3.10. The highest BCUT2D eigenvalue weighted by Gasteiger charge is 2.19. The molecule has 118 valence electrons. The summed E-state index contributed by atoms with van der Waals surface area (Å²) in [6.45, 7) is 1.60. The summed E-state index contributed by atoms with van der Waals surface area (Å²) in [7, 11) is 0. The number of hydrogen-bond acceptors (Lipinski definition) is 4. The number of ether oxygens (including phenoxy) is 1. The van der Waals surface area contributed by atoms with E-state index in [0.717, 1.165) is 25.9 Å². The minimum atomic E-state index is -0.486. The van der Waals surface area contributed by atoms with E-state index in [1.54, 1.807) is 42.5 Å². The van der Waals surface area contributed by atoms with Crippen LogP contribution in [0.15, 0.2) is 48.5 Å². The highest BCUT2D eigenvalue weighted by molar-refractivity contribution is 5.94. The molecule has 1 aliphatic rings. The van der Waals surface area contributed by atoms with Gasteiger partial charge in [-0.15, -0.1) is 0 Å². The Labute approximate surface area is 133 Å². The molecule has 3 rings (SSSR count). The first-order chi connectivity index (χ1) is 11.1. The van der Waals surface area contributed by atoms with E-state index in [2.05, 4.69) is 0 Å². The normalized spacial score (nSPS) is 13.8. The number of para-hydroxylation sites is 2. The maximum Gasteiger partial charge on any atom is 0.311 e. The Kier molecular flexibility index (Phi) is 4.23. The fraction of sp³-hybridized carbons (Fsp3) is 0.235. The molecule has 0 saturated carbocycles. The van der Waals surface area contributed by atoms with Crippen molar-refractivity contribution in [3.8, 4) is 11.5 Å². The number of amides is 1. The van der Waals surface area contributed by atoms with Crippen LogP contribution in [0.4, 0.5) is 5.69 Å². The summed E-state index contributed by atoms with van der Waals surface area (Å²) in [5.74, 6) is 0.646. The van der Waals surface area contributed by atoms with Gasteiger partial charge in [0, 0.05) is 24.7 Å². The fourth-order valence-electron chi connectivity index (χ4n) is 2.59. The van der Waals surface area contributed by atoms with Gasteiger partial charge in [-0.25, -0.2) is 0 Å². The Morgan fingerprint density at radius 3 is 2.35 bits per heavy atom. The van der Waals surface area contributed by atoms with Crippen molar-refractivity contribution in [2.75, 3.05) is 13.1 Å². The third-order valence-corrected chi connectivity index (χ3v) is 3.78. The molecule has 0 bridgehead atoms. The van der Waals surface area contributed by atoms with Gasteiger partial charge in [0.25, 0.3) is 5.91 Å².